The summed E-state index contributed by atoms with van der Waals surface area (Å²) in [5.41, 5.74) is 1.79. The molecule has 0 saturated heterocycles. The second-order valence-electron chi connectivity index (χ2n) is 7.34. The highest BCUT2D eigenvalue weighted by Gasteiger charge is 2.22. The Labute approximate surface area is 159 Å². The van der Waals surface area contributed by atoms with Gasteiger partial charge in [0.05, 0.1) is 18.2 Å². The molecule has 0 amide bonds. The monoisotopic (exact) mass is 367 g/mol. The average molecular weight is 367 g/mol. The van der Waals surface area contributed by atoms with E-state index in [1.165, 1.54) is 0 Å². The number of imidazole rings is 1. The maximum Gasteiger partial charge on any atom is 0.178 e. The topological polar surface area (TPSA) is 67.0 Å². The highest BCUT2D eigenvalue weighted by molar-refractivity contribution is 5.69. The molecule has 2 aromatic heterocycles. The lowest BCUT2D eigenvalue weighted by Crippen LogP contribution is -2.06. The zero-order valence-electron chi connectivity index (χ0n) is 16.4. The van der Waals surface area contributed by atoms with E-state index in [9.17, 15) is 0 Å². The Balaban J connectivity index is 1.78. The molecular weight excluding hydrogens is 342 g/mol. The van der Waals surface area contributed by atoms with Crippen LogP contribution in [0.4, 0.5) is 0 Å². The summed E-state index contributed by atoms with van der Waals surface area (Å²) in [6.45, 7) is 11.4. The average Bonchev–Trinajstić information content (AvgIpc) is 3.14. The van der Waals surface area contributed by atoms with E-state index in [-0.39, 0.29) is 12.1 Å². The molecule has 27 heavy (non-hydrogen) atoms. The van der Waals surface area contributed by atoms with Crippen molar-refractivity contribution >= 4 is 0 Å². The number of hydrogen-bond acceptors (Lipinski definition) is 5. The van der Waals surface area contributed by atoms with Gasteiger partial charge in [0.2, 0.25) is 0 Å². The summed E-state index contributed by atoms with van der Waals surface area (Å²) in [4.78, 5) is 9.48. The summed E-state index contributed by atoms with van der Waals surface area (Å²) < 4.78 is 15.8. The molecule has 0 aliphatic carbocycles. The van der Waals surface area contributed by atoms with Crippen molar-refractivity contribution in [1.29, 1.82) is 0 Å². The van der Waals surface area contributed by atoms with Gasteiger partial charge in [0.15, 0.2) is 5.82 Å². The molecule has 0 bridgehead atoms. The largest absolute Gasteiger partial charge is 0.491 e. The summed E-state index contributed by atoms with van der Waals surface area (Å²) in [7, 11) is 0. The molecule has 0 fully saturated rings. The number of benzene rings is 1. The predicted molar refractivity (Wildman–Crippen MR) is 103 cm³/mol. The van der Waals surface area contributed by atoms with Gasteiger partial charge in [-0.25, -0.2) is 14.6 Å². The summed E-state index contributed by atoms with van der Waals surface area (Å²) >= 11 is 0. The van der Waals surface area contributed by atoms with Crippen molar-refractivity contribution in [2.24, 2.45) is 0 Å². The summed E-state index contributed by atoms with van der Waals surface area (Å²) in [6, 6.07) is 6.14. The Bertz CT molecular complexity index is 971. The zero-order chi connectivity index (χ0) is 19.1. The lowest BCUT2D eigenvalue weighted by molar-refractivity contribution is 0.240. The van der Waals surface area contributed by atoms with Gasteiger partial charge in [-0.1, -0.05) is 0 Å². The minimum atomic E-state index is 0.119. The van der Waals surface area contributed by atoms with Crippen LogP contribution >= 0.6 is 0 Å². The van der Waals surface area contributed by atoms with Crippen LogP contribution in [0.1, 0.15) is 39.6 Å². The van der Waals surface area contributed by atoms with E-state index in [2.05, 4.69) is 28.5 Å². The lowest BCUT2D eigenvalue weighted by atomic mass is 10.2. The van der Waals surface area contributed by atoms with Gasteiger partial charge in [0.25, 0.3) is 0 Å². The molecule has 7 heteroatoms. The van der Waals surface area contributed by atoms with Gasteiger partial charge in [0, 0.05) is 18.3 Å². The molecule has 0 atom stereocenters. The third-order valence-electron chi connectivity index (χ3n) is 4.39. The van der Waals surface area contributed by atoms with Gasteiger partial charge in [-0.2, -0.15) is 5.10 Å². The number of rotatable bonds is 4. The normalized spacial score (nSPS) is 13.3. The fraction of sp³-hybridized carbons (Fsp3) is 0.450. The van der Waals surface area contributed by atoms with Gasteiger partial charge in [-0.05, 0) is 46.8 Å². The fourth-order valence-corrected chi connectivity index (χ4v) is 3.28. The summed E-state index contributed by atoms with van der Waals surface area (Å²) in [6.07, 6.45) is 2.15. The zero-order valence-corrected chi connectivity index (χ0v) is 16.4. The Morgan fingerprint density at radius 1 is 1.11 bits per heavy atom. The number of ether oxygens (including phenoxy) is 2. The van der Waals surface area contributed by atoms with Gasteiger partial charge >= 0.3 is 0 Å². The number of aromatic nitrogens is 5. The van der Waals surface area contributed by atoms with Crippen molar-refractivity contribution in [3.8, 4) is 34.4 Å². The molecule has 1 aliphatic heterocycles. The van der Waals surface area contributed by atoms with E-state index in [0.29, 0.717) is 6.61 Å². The molecule has 142 valence electrons. The first-order chi connectivity index (χ1) is 12.9. The van der Waals surface area contributed by atoms with Crippen molar-refractivity contribution in [3.05, 3.63) is 30.2 Å². The van der Waals surface area contributed by atoms with Crippen molar-refractivity contribution in [1.82, 2.24) is 24.3 Å². The van der Waals surface area contributed by atoms with Gasteiger partial charge in [-0.3, -0.25) is 0 Å². The first kappa shape index (κ1) is 17.6. The van der Waals surface area contributed by atoms with E-state index >= 15 is 0 Å². The van der Waals surface area contributed by atoms with Gasteiger partial charge in [0.1, 0.15) is 35.4 Å². The molecule has 4 rings (SSSR count). The fourth-order valence-electron chi connectivity index (χ4n) is 3.28. The molecule has 0 N–H and O–H groups in total. The summed E-state index contributed by atoms with van der Waals surface area (Å²) in [5.74, 6) is 4.03. The van der Waals surface area contributed by atoms with Crippen LogP contribution in [0.3, 0.4) is 0 Å². The molecule has 3 aromatic rings. The van der Waals surface area contributed by atoms with Crippen LogP contribution in [0.2, 0.25) is 0 Å². The number of fused-ring (bicyclic) bond motifs is 3. The second kappa shape index (κ2) is 6.72. The van der Waals surface area contributed by atoms with Crippen molar-refractivity contribution in [3.63, 3.8) is 0 Å². The maximum atomic E-state index is 5.95. The van der Waals surface area contributed by atoms with Gasteiger partial charge < -0.3 is 14.0 Å². The maximum absolute atomic E-state index is 5.95. The van der Waals surface area contributed by atoms with Crippen LogP contribution < -0.4 is 9.47 Å². The van der Waals surface area contributed by atoms with Crippen LogP contribution in [0.25, 0.3) is 22.9 Å². The van der Waals surface area contributed by atoms with E-state index < -0.39 is 0 Å². The molecule has 0 unspecified atom stereocenters. The molecule has 1 aromatic carbocycles. The third-order valence-corrected chi connectivity index (χ3v) is 4.39. The SMILES string of the molecule is Cc1nc(-c2cn3c(n2)-c2ccc(OC(C)C)cc2OCC3)n(C(C)C)n1. The molecule has 3 heterocycles. The lowest BCUT2D eigenvalue weighted by Gasteiger charge is -2.12. The van der Waals surface area contributed by atoms with Crippen molar-refractivity contribution in [2.45, 2.75) is 53.3 Å². The van der Waals surface area contributed by atoms with Crippen LogP contribution in [-0.2, 0) is 6.54 Å². The highest BCUT2D eigenvalue weighted by Crippen LogP contribution is 2.36. The Kier molecular flexibility index (Phi) is 4.37. The Hall–Kier alpha value is -2.83. The minimum Gasteiger partial charge on any atom is -0.491 e. The van der Waals surface area contributed by atoms with Crippen molar-refractivity contribution in [2.75, 3.05) is 6.61 Å². The van der Waals surface area contributed by atoms with E-state index in [4.69, 9.17) is 14.5 Å². The molecule has 0 spiro atoms. The Morgan fingerprint density at radius 3 is 2.67 bits per heavy atom. The number of aryl methyl sites for hydroxylation is 1. The molecule has 0 radical (unpaired) electrons. The highest BCUT2D eigenvalue weighted by atomic mass is 16.5. The van der Waals surface area contributed by atoms with E-state index in [0.717, 1.165) is 46.8 Å². The Morgan fingerprint density at radius 2 is 1.93 bits per heavy atom. The van der Waals surface area contributed by atoms with E-state index in [1.807, 2.05) is 49.8 Å². The standard InChI is InChI=1S/C20H25N5O2/c1-12(2)25-20(21-14(5)23-25)17-11-24-8-9-26-18-10-15(27-13(3)4)6-7-16(18)19(24)22-17/h6-7,10-13H,8-9H2,1-5H3. The van der Waals surface area contributed by atoms with Crippen LogP contribution in [0, 0.1) is 6.92 Å². The van der Waals surface area contributed by atoms with E-state index in [1.54, 1.807) is 0 Å². The van der Waals surface area contributed by atoms with Gasteiger partial charge in [-0.15, -0.1) is 0 Å². The smallest absolute Gasteiger partial charge is 0.178 e. The first-order valence-corrected chi connectivity index (χ1v) is 9.37. The van der Waals surface area contributed by atoms with Crippen LogP contribution in [0.5, 0.6) is 11.5 Å². The minimum absolute atomic E-state index is 0.119. The molecule has 1 aliphatic rings. The van der Waals surface area contributed by atoms with Crippen LogP contribution in [-0.4, -0.2) is 37.0 Å². The molecule has 0 saturated carbocycles. The first-order valence-electron chi connectivity index (χ1n) is 9.37. The molecule has 7 nitrogen and oxygen atoms in total. The predicted octanol–water partition coefficient (Wildman–Crippen LogP) is 3.88. The van der Waals surface area contributed by atoms with Crippen LogP contribution in [0.15, 0.2) is 24.4 Å². The van der Waals surface area contributed by atoms with Crippen molar-refractivity contribution < 1.29 is 9.47 Å². The second-order valence-corrected chi connectivity index (χ2v) is 7.34. The number of hydrogen-bond donors (Lipinski definition) is 0. The third kappa shape index (κ3) is 3.29. The summed E-state index contributed by atoms with van der Waals surface area (Å²) in [5, 5.41) is 4.51. The molecular formula is C20H25N5O2. The quantitative estimate of drug-likeness (QED) is 0.700. The number of nitrogens with zero attached hydrogens (tertiary/aromatic N) is 5.